The van der Waals surface area contributed by atoms with Crippen molar-refractivity contribution in [1.82, 2.24) is 9.58 Å². The van der Waals surface area contributed by atoms with Gasteiger partial charge in [-0.05, 0) is 18.3 Å². The van der Waals surface area contributed by atoms with Crippen LogP contribution in [-0.4, -0.2) is 39.9 Å². The van der Waals surface area contributed by atoms with Crippen LogP contribution in [0.2, 0.25) is 0 Å². The highest BCUT2D eigenvalue weighted by Gasteiger charge is 2.16. The van der Waals surface area contributed by atoms with Crippen LogP contribution in [-0.2, 0) is 0 Å². The lowest BCUT2D eigenvalue weighted by Crippen LogP contribution is -2.28. The number of benzene rings is 1. The summed E-state index contributed by atoms with van der Waals surface area (Å²) in [6.45, 7) is 8.49. The van der Waals surface area contributed by atoms with Gasteiger partial charge in [0, 0.05) is 25.5 Å². The summed E-state index contributed by atoms with van der Waals surface area (Å²) in [6, 6.07) is 7.51. The third-order valence-electron chi connectivity index (χ3n) is 3.25. The molecule has 1 aromatic carbocycles. The van der Waals surface area contributed by atoms with Crippen molar-refractivity contribution in [3.8, 4) is 5.88 Å². The van der Waals surface area contributed by atoms with Gasteiger partial charge in [0.05, 0.1) is 5.52 Å². The van der Waals surface area contributed by atoms with E-state index >= 15 is 0 Å². The fourth-order valence-electron chi connectivity index (χ4n) is 2.23. The molecular weight excluding hydrogens is 310 g/mol. The van der Waals surface area contributed by atoms with Gasteiger partial charge in [-0.1, -0.05) is 30.4 Å². The maximum Gasteiger partial charge on any atom is 0.239 e. The van der Waals surface area contributed by atoms with E-state index < -0.39 is 0 Å². The van der Waals surface area contributed by atoms with Gasteiger partial charge in [0.2, 0.25) is 11.0 Å². The topological polar surface area (TPSA) is 65.1 Å². The van der Waals surface area contributed by atoms with E-state index in [0.29, 0.717) is 23.9 Å². The highest BCUT2D eigenvalue weighted by atomic mass is 32.1. The molecule has 2 N–H and O–H groups in total. The van der Waals surface area contributed by atoms with Crippen LogP contribution in [0.4, 0.5) is 5.69 Å². The summed E-state index contributed by atoms with van der Waals surface area (Å²) in [5.41, 5.74) is 4.08. The van der Waals surface area contributed by atoms with E-state index in [1.165, 1.54) is 4.68 Å². The Morgan fingerprint density at radius 3 is 2.61 bits per heavy atom. The largest absolute Gasteiger partial charge is 0.492 e. The minimum absolute atomic E-state index is 0.0146. The number of fused-ring (bicyclic) bond motifs is 1. The molecule has 120 valence electrons. The van der Waals surface area contributed by atoms with Crippen molar-refractivity contribution < 1.29 is 5.11 Å². The second kappa shape index (κ2) is 7.55. The second-order valence-electron chi connectivity index (χ2n) is 4.71. The molecule has 6 nitrogen and oxygen atoms in total. The molecule has 0 aliphatic heterocycles. The normalized spacial score (nSPS) is 10.8. The Balaban J connectivity index is 2.37. The Bertz CT molecular complexity index is 755. The van der Waals surface area contributed by atoms with E-state index in [-0.39, 0.29) is 5.88 Å². The number of rotatable bonds is 6. The van der Waals surface area contributed by atoms with Crippen molar-refractivity contribution in [2.75, 3.05) is 25.6 Å². The lowest BCUT2D eigenvalue weighted by molar-refractivity contribution is 0.439. The molecule has 0 unspecified atom stereocenters. The summed E-state index contributed by atoms with van der Waals surface area (Å²) in [7, 11) is 1.72. The third-order valence-corrected chi connectivity index (χ3v) is 3.59. The molecule has 0 bridgehead atoms. The van der Waals surface area contributed by atoms with Crippen LogP contribution in [0.1, 0.15) is 0 Å². The Morgan fingerprint density at radius 2 is 2.00 bits per heavy atom. The lowest BCUT2D eigenvalue weighted by atomic mass is 10.2. The average Bonchev–Trinajstić information content (AvgIpc) is 2.83. The van der Waals surface area contributed by atoms with Gasteiger partial charge < -0.3 is 15.4 Å². The molecule has 0 radical (unpaired) electrons. The molecule has 0 spiro atoms. The predicted molar refractivity (Wildman–Crippen MR) is 98.0 cm³/mol. The van der Waals surface area contributed by atoms with E-state index in [1.807, 2.05) is 24.3 Å². The van der Waals surface area contributed by atoms with Crippen LogP contribution in [0.15, 0.2) is 59.8 Å². The van der Waals surface area contributed by atoms with E-state index in [9.17, 15) is 5.11 Å². The fourth-order valence-corrected chi connectivity index (χ4v) is 2.42. The smallest absolute Gasteiger partial charge is 0.239 e. The highest BCUT2D eigenvalue weighted by Crippen LogP contribution is 2.37. The minimum atomic E-state index is -0.0146. The van der Waals surface area contributed by atoms with Crippen molar-refractivity contribution in [3.63, 3.8) is 0 Å². The minimum Gasteiger partial charge on any atom is -0.492 e. The third kappa shape index (κ3) is 3.40. The molecule has 1 heterocycles. The summed E-state index contributed by atoms with van der Waals surface area (Å²) in [6.07, 6.45) is 3.46. The molecule has 7 heteroatoms. The predicted octanol–water partition coefficient (Wildman–Crippen LogP) is 3.56. The first-order chi connectivity index (χ1) is 11.1. The van der Waals surface area contributed by atoms with Gasteiger partial charge in [0.1, 0.15) is 0 Å². The van der Waals surface area contributed by atoms with Crippen LogP contribution < -0.4 is 5.43 Å². The Hall–Kier alpha value is -2.67. The Labute approximate surface area is 140 Å². The molecule has 0 atom stereocenters. The number of azo groups is 1. The first kappa shape index (κ1) is 16.7. The van der Waals surface area contributed by atoms with Gasteiger partial charge in [-0.3, -0.25) is 0 Å². The van der Waals surface area contributed by atoms with Crippen molar-refractivity contribution in [2.24, 2.45) is 10.2 Å². The number of para-hydroxylation sites is 1. The van der Waals surface area contributed by atoms with Gasteiger partial charge in [-0.25, -0.2) is 4.68 Å². The number of nitrogens with one attached hydrogen (secondary N) is 1. The maximum absolute atomic E-state index is 10.3. The standard InChI is InChI=1S/C16H19N5OS/c1-4-10-20(11-5-2)16(23)19-18-14-12-8-6-7-9-13(12)21(17-3)15(14)22/h4-9,17,22H,1-2,10-11H2,3H3. The maximum atomic E-state index is 10.3. The van der Waals surface area contributed by atoms with Gasteiger partial charge >= 0.3 is 0 Å². The Kier molecular flexibility index (Phi) is 5.48. The first-order valence-corrected chi connectivity index (χ1v) is 7.47. The molecule has 0 amide bonds. The molecule has 0 saturated heterocycles. The molecule has 0 aliphatic rings. The molecule has 0 fully saturated rings. The van der Waals surface area contributed by atoms with E-state index in [2.05, 4.69) is 28.8 Å². The quantitative estimate of drug-likeness (QED) is 0.483. The average molecular weight is 329 g/mol. The molecule has 0 aliphatic carbocycles. The first-order valence-electron chi connectivity index (χ1n) is 7.06. The number of aromatic hydroxyl groups is 1. The zero-order chi connectivity index (χ0) is 16.8. The molecular formula is C16H19N5OS. The number of hydrogen-bond donors (Lipinski definition) is 2. The van der Waals surface area contributed by atoms with Crippen molar-refractivity contribution in [2.45, 2.75) is 0 Å². The number of hydrogen-bond acceptors (Lipinski definition) is 4. The number of thiocarbonyl (C=S) groups is 1. The number of nitrogens with zero attached hydrogens (tertiary/aromatic N) is 4. The zero-order valence-corrected chi connectivity index (χ0v) is 13.8. The summed E-state index contributed by atoms with van der Waals surface area (Å²) in [4.78, 5) is 1.80. The van der Waals surface area contributed by atoms with E-state index in [4.69, 9.17) is 12.2 Å². The molecule has 2 aromatic rings. The van der Waals surface area contributed by atoms with E-state index in [0.717, 1.165) is 10.9 Å². The van der Waals surface area contributed by atoms with Gasteiger partial charge in [0.25, 0.3) is 0 Å². The van der Waals surface area contributed by atoms with Crippen LogP contribution >= 0.6 is 12.2 Å². The van der Waals surface area contributed by atoms with E-state index in [1.54, 1.807) is 24.1 Å². The SMILES string of the molecule is C=CCN(CC=C)C(=S)N=Nc1c(O)n(NC)c2ccccc12. The Morgan fingerprint density at radius 1 is 1.35 bits per heavy atom. The molecule has 1 aromatic heterocycles. The van der Waals surface area contributed by atoms with Crippen molar-refractivity contribution in [3.05, 3.63) is 49.6 Å². The summed E-state index contributed by atoms with van der Waals surface area (Å²) >= 11 is 5.27. The number of aromatic nitrogens is 1. The van der Waals surface area contributed by atoms with Crippen LogP contribution in [0, 0.1) is 0 Å². The van der Waals surface area contributed by atoms with Gasteiger partial charge in [0.15, 0.2) is 5.69 Å². The van der Waals surface area contributed by atoms with Crippen LogP contribution in [0.25, 0.3) is 10.9 Å². The zero-order valence-electron chi connectivity index (χ0n) is 12.9. The van der Waals surface area contributed by atoms with Crippen LogP contribution in [0.3, 0.4) is 0 Å². The molecule has 0 saturated carbocycles. The summed E-state index contributed by atoms with van der Waals surface area (Å²) < 4.78 is 1.54. The fraction of sp³-hybridized carbons (Fsp3) is 0.188. The monoisotopic (exact) mass is 329 g/mol. The second-order valence-corrected chi connectivity index (χ2v) is 5.08. The summed E-state index contributed by atoms with van der Waals surface area (Å²) in [5, 5.41) is 19.6. The summed E-state index contributed by atoms with van der Waals surface area (Å²) in [5.74, 6) is -0.0146. The van der Waals surface area contributed by atoms with Gasteiger partial charge in [-0.2, -0.15) is 0 Å². The highest BCUT2D eigenvalue weighted by molar-refractivity contribution is 7.80. The molecule has 23 heavy (non-hydrogen) atoms. The van der Waals surface area contributed by atoms with Crippen molar-refractivity contribution >= 4 is 33.9 Å². The van der Waals surface area contributed by atoms with Gasteiger partial charge in [-0.15, -0.1) is 23.4 Å². The van der Waals surface area contributed by atoms with Crippen LogP contribution in [0.5, 0.6) is 5.88 Å². The molecule has 2 rings (SSSR count). The lowest BCUT2D eigenvalue weighted by Gasteiger charge is -2.17. The van der Waals surface area contributed by atoms with Crippen molar-refractivity contribution in [1.29, 1.82) is 0 Å².